The van der Waals surface area contributed by atoms with Gasteiger partial charge in [-0.15, -0.1) is 0 Å². The van der Waals surface area contributed by atoms with Gasteiger partial charge in [0.2, 0.25) is 0 Å². The molecule has 1 saturated heterocycles. The van der Waals surface area contributed by atoms with Crippen LogP contribution in [-0.4, -0.2) is 48.5 Å². The average molecular weight is 286 g/mol. The van der Waals surface area contributed by atoms with E-state index in [0.717, 1.165) is 38.5 Å². The highest BCUT2D eigenvalue weighted by molar-refractivity contribution is 7.13. The number of fused-ring (bicyclic) bond motifs is 1. The minimum absolute atomic E-state index is 0.449. The van der Waals surface area contributed by atoms with Crippen molar-refractivity contribution in [1.82, 2.24) is 9.27 Å². The maximum atomic E-state index is 5.38. The van der Waals surface area contributed by atoms with Crippen molar-refractivity contribution in [2.75, 3.05) is 44.2 Å². The minimum atomic E-state index is 0.449. The quantitative estimate of drug-likeness (QED) is 0.847. The molecule has 1 fully saturated rings. The lowest BCUT2D eigenvalue weighted by Gasteiger charge is -2.34. The topological polar surface area (TPSA) is 45.4 Å². The largest absolute Gasteiger partial charge is 0.353 e. The molecule has 2 heterocycles. The highest BCUT2D eigenvalue weighted by Gasteiger charge is 2.19. The van der Waals surface area contributed by atoms with Crippen molar-refractivity contribution in [2.24, 2.45) is 5.73 Å². The maximum Gasteiger partial charge on any atom is 0.150 e. The lowest BCUT2D eigenvalue weighted by Crippen LogP contribution is -2.46. The summed E-state index contributed by atoms with van der Waals surface area (Å²) in [6.07, 6.45) is 0. The molecule has 2 aromatic rings. The molecule has 1 aliphatic heterocycles. The molecular formula is C15H18N4S. The van der Waals surface area contributed by atoms with Crippen LogP contribution in [0.2, 0.25) is 0 Å². The first-order valence-corrected chi connectivity index (χ1v) is 7.63. The Morgan fingerprint density at radius 1 is 1.15 bits per heavy atom. The molecule has 0 spiro atoms. The molecule has 3 rings (SSSR count). The third-order valence-corrected chi connectivity index (χ3v) is 4.38. The Bertz CT molecular complexity index is 632. The summed E-state index contributed by atoms with van der Waals surface area (Å²) in [4.78, 5) is 4.75. The van der Waals surface area contributed by atoms with Crippen molar-refractivity contribution in [3.63, 3.8) is 0 Å². The van der Waals surface area contributed by atoms with E-state index in [1.54, 1.807) is 11.5 Å². The lowest BCUT2D eigenvalue weighted by atomic mass is 10.2. The van der Waals surface area contributed by atoms with Crippen LogP contribution in [0.3, 0.4) is 0 Å². The summed E-state index contributed by atoms with van der Waals surface area (Å²) in [6, 6.07) is 8.44. The van der Waals surface area contributed by atoms with Crippen molar-refractivity contribution in [2.45, 2.75) is 0 Å². The van der Waals surface area contributed by atoms with E-state index in [4.69, 9.17) is 5.73 Å². The third-order valence-electron chi connectivity index (χ3n) is 3.56. The molecular weight excluding hydrogens is 268 g/mol. The molecule has 2 N–H and O–H groups in total. The van der Waals surface area contributed by atoms with Crippen LogP contribution in [0, 0.1) is 11.8 Å². The maximum absolute atomic E-state index is 5.38. The summed E-state index contributed by atoms with van der Waals surface area (Å²) >= 11 is 1.58. The van der Waals surface area contributed by atoms with Gasteiger partial charge in [0.05, 0.1) is 17.8 Å². The number of hydrogen-bond donors (Lipinski definition) is 1. The number of aromatic nitrogens is 1. The Kier molecular flexibility index (Phi) is 4.16. The second-order valence-corrected chi connectivity index (χ2v) is 5.63. The molecule has 0 radical (unpaired) electrons. The number of rotatable bonds is 2. The fourth-order valence-corrected chi connectivity index (χ4v) is 3.25. The summed E-state index contributed by atoms with van der Waals surface area (Å²) in [5.41, 5.74) is 5.38. The number of benzene rings is 1. The zero-order chi connectivity index (χ0) is 13.8. The van der Waals surface area contributed by atoms with E-state index in [-0.39, 0.29) is 0 Å². The van der Waals surface area contributed by atoms with Gasteiger partial charge in [-0.1, -0.05) is 24.0 Å². The van der Waals surface area contributed by atoms with Crippen LogP contribution in [0.15, 0.2) is 24.3 Å². The first-order valence-electron chi connectivity index (χ1n) is 6.86. The first-order chi connectivity index (χ1) is 9.88. The van der Waals surface area contributed by atoms with Crippen LogP contribution in [0.4, 0.5) is 5.82 Å². The van der Waals surface area contributed by atoms with Crippen LogP contribution < -0.4 is 10.6 Å². The standard InChI is InChI=1S/C15H18N4S/c16-7-3-4-8-18-9-11-19(12-10-18)15-13-5-1-2-6-14(13)20-17-15/h1-2,5-6H,7-12,16H2. The van der Waals surface area contributed by atoms with Gasteiger partial charge in [0.1, 0.15) is 5.82 Å². The first kappa shape index (κ1) is 13.4. The normalized spacial score (nSPS) is 16.1. The van der Waals surface area contributed by atoms with Gasteiger partial charge in [-0.05, 0) is 23.7 Å². The van der Waals surface area contributed by atoms with Gasteiger partial charge >= 0.3 is 0 Å². The van der Waals surface area contributed by atoms with Crippen molar-refractivity contribution in [1.29, 1.82) is 0 Å². The zero-order valence-corrected chi connectivity index (χ0v) is 12.2. The molecule has 1 aromatic carbocycles. The molecule has 0 unspecified atom stereocenters. The smallest absolute Gasteiger partial charge is 0.150 e. The monoisotopic (exact) mass is 286 g/mol. The van der Waals surface area contributed by atoms with Gasteiger partial charge < -0.3 is 10.6 Å². The number of anilines is 1. The average Bonchev–Trinajstić information content (AvgIpc) is 2.92. The molecule has 104 valence electrons. The summed E-state index contributed by atoms with van der Waals surface area (Å²) < 4.78 is 5.89. The van der Waals surface area contributed by atoms with Gasteiger partial charge in [-0.2, -0.15) is 4.37 Å². The van der Waals surface area contributed by atoms with Crippen molar-refractivity contribution in [3.8, 4) is 11.8 Å². The van der Waals surface area contributed by atoms with Gasteiger partial charge in [-0.3, -0.25) is 4.90 Å². The molecule has 0 bridgehead atoms. The van der Waals surface area contributed by atoms with Crippen LogP contribution >= 0.6 is 11.5 Å². The highest BCUT2D eigenvalue weighted by Crippen LogP contribution is 2.29. The molecule has 1 aliphatic rings. The van der Waals surface area contributed by atoms with Gasteiger partial charge in [0, 0.05) is 31.6 Å². The number of hydrogen-bond acceptors (Lipinski definition) is 5. The van der Waals surface area contributed by atoms with E-state index in [9.17, 15) is 0 Å². The summed E-state index contributed by atoms with van der Waals surface area (Å²) in [5.74, 6) is 7.16. The highest BCUT2D eigenvalue weighted by atomic mass is 32.1. The van der Waals surface area contributed by atoms with E-state index >= 15 is 0 Å². The van der Waals surface area contributed by atoms with E-state index in [1.165, 1.54) is 10.1 Å². The Morgan fingerprint density at radius 2 is 1.95 bits per heavy atom. The van der Waals surface area contributed by atoms with E-state index in [2.05, 4.69) is 50.3 Å². The number of nitrogens with zero attached hydrogens (tertiary/aromatic N) is 3. The SMILES string of the molecule is NCC#CCN1CCN(c2nsc3ccccc23)CC1. The molecule has 0 atom stereocenters. The Balaban J connectivity index is 1.66. The molecule has 5 heteroatoms. The summed E-state index contributed by atoms with van der Waals surface area (Å²) in [6.45, 7) is 5.36. The second kappa shape index (κ2) is 6.23. The predicted molar refractivity (Wildman–Crippen MR) is 85.1 cm³/mol. The van der Waals surface area contributed by atoms with E-state index in [0.29, 0.717) is 6.54 Å². The molecule has 0 saturated carbocycles. The lowest BCUT2D eigenvalue weighted by molar-refractivity contribution is 0.288. The van der Waals surface area contributed by atoms with Crippen molar-refractivity contribution >= 4 is 27.4 Å². The molecule has 0 aliphatic carbocycles. The molecule has 1 aromatic heterocycles. The number of piperazine rings is 1. The minimum Gasteiger partial charge on any atom is -0.353 e. The molecule has 4 nitrogen and oxygen atoms in total. The third kappa shape index (κ3) is 2.78. The summed E-state index contributed by atoms with van der Waals surface area (Å²) in [5, 5.41) is 1.27. The molecule has 0 amide bonds. The van der Waals surface area contributed by atoms with Crippen molar-refractivity contribution < 1.29 is 0 Å². The van der Waals surface area contributed by atoms with Crippen LogP contribution in [0.1, 0.15) is 0 Å². The fraction of sp³-hybridized carbons (Fsp3) is 0.400. The Labute approximate surface area is 123 Å². The van der Waals surface area contributed by atoms with Crippen molar-refractivity contribution in [3.05, 3.63) is 24.3 Å². The second-order valence-electron chi connectivity index (χ2n) is 4.82. The predicted octanol–water partition coefficient (Wildman–Crippen LogP) is 1.38. The fourth-order valence-electron chi connectivity index (χ4n) is 2.46. The van der Waals surface area contributed by atoms with Gasteiger partial charge in [0.15, 0.2) is 0 Å². The van der Waals surface area contributed by atoms with Gasteiger partial charge in [-0.25, -0.2) is 0 Å². The molecule has 20 heavy (non-hydrogen) atoms. The van der Waals surface area contributed by atoms with E-state index in [1.807, 2.05) is 0 Å². The summed E-state index contributed by atoms with van der Waals surface area (Å²) in [7, 11) is 0. The van der Waals surface area contributed by atoms with E-state index < -0.39 is 0 Å². The number of nitrogens with two attached hydrogens (primary N) is 1. The Morgan fingerprint density at radius 3 is 2.75 bits per heavy atom. The van der Waals surface area contributed by atoms with Crippen LogP contribution in [0.5, 0.6) is 0 Å². The Hall–Kier alpha value is -1.61. The van der Waals surface area contributed by atoms with Gasteiger partial charge in [0.25, 0.3) is 0 Å². The van der Waals surface area contributed by atoms with Crippen LogP contribution in [0.25, 0.3) is 10.1 Å². The van der Waals surface area contributed by atoms with Crippen LogP contribution in [-0.2, 0) is 0 Å². The zero-order valence-electron chi connectivity index (χ0n) is 11.4.